The van der Waals surface area contributed by atoms with Gasteiger partial charge in [0, 0.05) is 19.1 Å². The number of fused-ring (bicyclic) bond motifs is 1. The topological polar surface area (TPSA) is 40.6 Å². The summed E-state index contributed by atoms with van der Waals surface area (Å²) in [4.78, 5) is 28.8. The van der Waals surface area contributed by atoms with E-state index in [1.807, 2.05) is 18.2 Å². The number of rotatable bonds is 5. The van der Waals surface area contributed by atoms with Crippen LogP contribution >= 0.6 is 0 Å². The Hall–Kier alpha value is -2.46. The van der Waals surface area contributed by atoms with Gasteiger partial charge in [-0.05, 0) is 43.5 Å². The molecule has 2 aromatic carbocycles. The first-order valence-electron chi connectivity index (χ1n) is 8.97. The molecule has 4 rings (SSSR count). The molecule has 1 fully saturated rings. The van der Waals surface area contributed by atoms with Gasteiger partial charge in [-0.15, -0.1) is 0 Å². The van der Waals surface area contributed by atoms with E-state index in [-0.39, 0.29) is 11.8 Å². The average molecular weight is 334 g/mol. The van der Waals surface area contributed by atoms with Crippen LogP contribution in [0, 0.1) is 0 Å². The van der Waals surface area contributed by atoms with Gasteiger partial charge in [0.15, 0.2) is 0 Å². The van der Waals surface area contributed by atoms with Gasteiger partial charge in [0.05, 0.1) is 11.1 Å². The first kappa shape index (κ1) is 16.0. The molecule has 2 aromatic rings. The average Bonchev–Trinajstić information content (AvgIpc) is 3.18. The Labute approximate surface area is 148 Å². The second kappa shape index (κ2) is 6.81. The Morgan fingerprint density at radius 3 is 2.16 bits per heavy atom. The molecular weight excluding hydrogens is 312 g/mol. The standard InChI is InChI=1S/C21H22N2O2/c24-20-18-10-4-5-11-19(18)21(25)23(20)14-13-22-12-6-9-17(22)15-16-7-2-1-3-8-16/h1-5,7-8,10-11,17H,6,9,12-15H2. The number of amides is 2. The third kappa shape index (κ3) is 3.10. The number of likely N-dealkylation sites (tertiary alicyclic amines) is 1. The predicted octanol–water partition coefficient (Wildman–Crippen LogP) is 2.99. The lowest BCUT2D eigenvalue weighted by Gasteiger charge is -2.26. The number of carbonyl (C=O) groups is 2. The lowest BCUT2D eigenvalue weighted by atomic mass is 10.0. The van der Waals surface area contributed by atoms with Gasteiger partial charge in [0.2, 0.25) is 0 Å². The van der Waals surface area contributed by atoms with Crippen LogP contribution in [0.1, 0.15) is 39.1 Å². The highest BCUT2D eigenvalue weighted by Crippen LogP contribution is 2.24. The molecule has 0 spiro atoms. The van der Waals surface area contributed by atoms with E-state index in [1.54, 1.807) is 12.1 Å². The van der Waals surface area contributed by atoms with Crippen molar-refractivity contribution in [2.75, 3.05) is 19.6 Å². The van der Waals surface area contributed by atoms with Crippen LogP contribution in [-0.4, -0.2) is 47.3 Å². The summed E-state index contributed by atoms with van der Waals surface area (Å²) < 4.78 is 0. The molecule has 2 aliphatic heterocycles. The minimum Gasteiger partial charge on any atom is -0.298 e. The summed E-state index contributed by atoms with van der Waals surface area (Å²) >= 11 is 0. The molecule has 1 unspecified atom stereocenters. The summed E-state index contributed by atoms with van der Waals surface area (Å²) in [6, 6.07) is 18.1. The highest BCUT2D eigenvalue weighted by molar-refractivity contribution is 6.21. The first-order valence-corrected chi connectivity index (χ1v) is 8.97. The molecular formula is C21H22N2O2. The molecule has 1 atom stereocenters. The minimum absolute atomic E-state index is 0.153. The highest BCUT2D eigenvalue weighted by atomic mass is 16.2. The normalized spacial score (nSPS) is 20.3. The number of nitrogens with zero attached hydrogens (tertiary/aromatic N) is 2. The van der Waals surface area contributed by atoms with Crippen LogP contribution < -0.4 is 0 Å². The monoisotopic (exact) mass is 334 g/mol. The Balaban J connectivity index is 1.40. The molecule has 0 radical (unpaired) electrons. The fraction of sp³-hybridized carbons (Fsp3) is 0.333. The number of benzene rings is 2. The Bertz CT molecular complexity index is 752. The molecule has 0 aromatic heterocycles. The number of hydrogen-bond donors (Lipinski definition) is 0. The van der Waals surface area contributed by atoms with E-state index < -0.39 is 0 Å². The summed E-state index contributed by atoms with van der Waals surface area (Å²) in [7, 11) is 0. The van der Waals surface area contributed by atoms with Crippen molar-refractivity contribution >= 4 is 11.8 Å². The predicted molar refractivity (Wildman–Crippen MR) is 96.6 cm³/mol. The number of hydrogen-bond acceptors (Lipinski definition) is 3. The van der Waals surface area contributed by atoms with Crippen molar-refractivity contribution in [3.8, 4) is 0 Å². The first-order chi connectivity index (χ1) is 12.2. The van der Waals surface area contributed by atoms with Crippen LogP contribution in [0.25, 0.3) is 0 Å². The third-order valence-electron chi connectivity index (χ3n) is 5.30. The van der Waals surface area contributed by atoms with E-state index in [0.717, 1.165) is 19.5 Å². The van der Waals surface area contributed by atoms with Crippen LogP contribution in [-0.2, 0) is 6.42 Å². The third-order valence-corrected chi connectivity index (χ3v) is 5.30. The van der Waals surface area contributed by atoms with Crippen molar-refractivity contribution in [1.29, 1.82) is 0 Å². The van der Waals surface area contributed by atoms with Gasteiger partial charge >= 0.3 is 0 Å². The van der Waals surface area contributed by atoms with E-state index in [1.165, 1.54) is 23.3 Å². The van der Waals surface area contributed by atoms with Gasteiger partial charge in [-0.25, -0.2) is 0 Å². The molecule has 4 heteroatoms. The molecule has 2 aliphatic rings. The SMILES string of the molecule is O=C1c2ccccc2C(=O)N1CCN1CCCC1Cc1ccccc1. The summed E-state index contributed by atoms with van der Waals surface area (Å²) in [5, 5.41) is 0. The van der Waals surface area contributed by atoms with E-state index in [0.29, 0.717) is 23.7 Å². The second-order valence-corrected chi connectivity index (χ2v) is 6.83. The molecule has 0 aliphatic carbocycles. The summed E-state index contributed by atoms with van der Waals surface area (Å²) in [6.45, 7) is 2.27. The highest BCUT2D eigenvalue weighted by Gasteiger charge is 2.35. The smallest absolute Gasteiger partial charge is 0.261 e. The molecule has 0 N–H and O–H groups in total. The molecule has 128 valence electrons. The lowest BCUT2D eigenvalue weighted by Crippen LogP contribution is -2.40. The molecule has 2 amide bonds. The summed E-state index contributed by atoms with van der Waals surface area (Å²) in [6.07, 6.45) is 3.39. The van der Waals surface area contributed by atoms with Crippen molar-refractivity contribution in [2.45, 2.75) is 25.3 Å². The molecule has 0 bridgehead atoms. The number of imide groups is 1. The Morgan fingerprint density at radius 2 is 1.48 bits per heavy atom. The number of carbonyl (C=O) groups excluding carboxylic acids is 2. The fourth-order valence-electron chi connectivity index (χ4n) is 3.98. The molecule has 0 saturated carbocycles. The lowest BCUT2D eigenvalue weighted by molar-refractivity contribution is 0.0633. The van der Waals surface area contributed by atoms with Gasteiger partial charge in [-0.3, -0.25) is 19.4 Å². The van der Waals surface area contributed by atoms with Gasteiger partial charge in [0.1, 0.15) is 0 Å². The van der Waals surface area contributed by atoms with E-state index >= 15 is 0 Å². The van der Waals surface area contributed by atoms with Crippen molar-refractivity contribution in [2.24, 2.45) is 0 Å². The van der Waals surface area contributed by atoms with E-state index in [4.69, 9.17) is 0 Å². The molecule has 25 heavy (non-hydrogen) atoms. The van der Waals surface area contributed by atoms with Gasteiger partial charge in [0.25, 0.3) is 11.8 Å². The zero-order valence-corrected chi connectivity index (χ0v) is 14.2. The van der Waals surface area contributed by atoms with Crippen molar-refractivity contribution in [3.63, 3.8) is 0 Å². The maximum absolute atomic E-state index is 12.5. The van der Waals surface area contributed by atoms with Crippen LogP contribution in [0.3, 0.4) is 0 Å². The van der Waals surface area contributed by atoms with Crippen molar-refractivity contribution < 1.29 is 9.59 Å². The van der Waals surface area contributed by atoms with Crippen molar-refractivity contribution in [1.82, 2.24) is 9.80 Å². The van der Waals surface area contributed by atoms with Crippen LogP contribution in [0.5, 0.6) is 0 Å². The Morgan fingerprint density at radius 1 is 0.840 bits per heavy atom. The van der Waals surface area contributed by atoms with E-state index in [9.17, 15) is 9.59 Å². The van der Waals surface area contributed by atoms with Gasteiger partial charge in [-0.1, -0.05) is 42.5 Å². The second-order valence-electron chi connectivity index (χ2n) is 6.83. The largest absolute Gasteiger partial charge is 0.298 e. The van der Waals surface area contributed by atoms with Gasteiger partial charge < -0.3 is 0 Å². The van der Waals surface area contributed by atoms with Crippen LogP contribution in [0.4, 0.5) is 0 Å². The molecule has 1 saturated heterocycles. The van der Waals surface area contributed by atoms with Gasteiger partial charge in [-0.2, -0.15) is 0 Å². The molecule has 4 nitrogen and oxygen atoms in total. The molecule has 2 heterocycles. The maximum Gasteiger partial charge on any atom is 0.261 e. The summed E-state index contributed by atoms with van der Waals surface area (Å²) in [5.74, 6) is -0.307. The van der Waals surface area contributed by atoms with Crippen LogP contribution in [0.2, 0.25) is 0 Å². The zero-order chi connectivity index (χ0) is 17.2. The van der Waals surface area contributed by atoms with Crippen LogP contribution in [0.15, 0.2) is 54.6 Å². The minimum atomic E-state index is -0.153. The quantitative estimate of drug-likeness (QED) is 0.789. The fourth-order valence-corrected chi connectivity index (χ4v) is 3.98. The Kier molecular flexibility index (Phi) is 4.36. The zero-order valence-electron chi connectivity index (χ0n) is 14.2. The maximum atomic E-state index is 12.5. The van der Waals surface area contributed by atoms with Crippen molar-refractivity contribution in [3.05, 3.63) is 71.3 Å². The van der Waals surface area contributed by atoms with E-state index in [2.05, 4.69) is 29.2 Å². The summed E-state index contributed by atoms with van der Waals surface area (Å²) in [5.41, 5.74) is 2.42.